The number of furan rings is 1. The van der Waals surface area contributed by atoms with Crippen LogP contribution in [0.4, 0.5) is 0 Å². The minimum Gasteiger partial charge on any atom is -0.480 e. The van der Waals surface area contributed by atoms with Gasteiger partial charge in [0.1, 0.15) is 11.8 Å². The van der Waals surface area contributed by atoms with E-state index in [0.717, 1.165) is 0 Å². The Hall–Kier alpha value is -2.35. The Morgan fingerprint density at radius 3 is 2.65 bits per heavy atom. The lowest BCUT2D eigenvalue weighted by Gasteiger charge is -2.12. The lowest BCUT2D eigenvalue weighted by Crippen LogP contribution is -2.41. The Bertz CT molecular complexity index is 496. The third kappa shape index (κ3) is 4.39. The Labute approximate surface area is 114 Å². The summed E-state index contributed by atoms with van der Waals surface area (Å²) >= 11 is 0. The molecule has 0 saturated carbocycles. The number of esters is 1. The first kappa shape index (κ1) is 15.7. The molecule has 1 atom stereocenters. The quantitative estimate of drug-likeness (QED) is 0.594. The molecule has 0 saturated heterocycles. The molecule has 0 aliphatic rings. The lowest BCUT2D eigenvalue weighted by molar-refractivity contribution is -0.142. The van der Waals surface area contributed by atoms with Crippen LogP contribution in [0, 0.1) is 0 Å². The number of ether oxygens (including phenoxy) is 1. The van der Waals surface area contributed by atoms with Crippen molar-refractivity contribution in [3.63, 3.8) is 0 Å². The van der Waals surface area contributed by atoms with Crippen LogP contribution in [0.5, 0.6) is 0 Å². The van der Waals surface area contributed by atoms with Gasteiger partial charge in [0.15, 0.2) is 5.76 Å². The minimum absolute atomic E-state index is 0.0326. The molecule has 1 amide bonds. The van der Waals surface area contributed by atoms with E-state index < -0.39 is 23.9 Å². The second-order valence-electron chi connectivity index (χ2n) is 3.95. The highest BCUT2D eigenvalue weighted by Crippen LogP contribution is 2.08. The number of nitrogens with one attached hydrogen (secondary N) is 1. The lowest BCUT2D eigenvalue weighted by atomic mass is 10.1. The number of amides is 1. The maximum Gasteiger partial charge on any atom is 0.326 e. The molecular weight excluding hydrogens is 268 g/mol. The first-order valence-corrected chi connectivity index (χ1v) is 5.87. The van der Waals surface area contributed by atoms with Crippen molar-refractivity contribution in [2.24, 2.45) is 5.73 Å². The molecule has 0 spiro atoms. The van der Waals surface area contributed by atoms with E-state index >= 15 is 0 Å². The van der Waals surface area contributed by atoms with Gasteiger partial charge in [0, 0.05) is 6.42 Å². The predicted molar refractivity (Wildman–Crippen MR) is 66.7 cm³/mol. The monoisotopic (exact) mass is 284 g/mol. The summed E-state index contributed by atoms with van der Waals surface area (Å²) in [5, 5.41) is 11.3. The topological polar surface area (TPSA) is 132 Å². The van der Waals surface area contributed by atoms with Gasteiger partial charge >= 0.3 is 11.9 Å². The molecule has 1 aromatic rings. The molecule has 0 bridgehead atoms. The van der Waals surface area contributed by atoms with Crippen LogP contribution in [0.15, 0.2) is 16.5 Å². The van der Waals surface area contributed by atoms with Gasteiger partial charge in [-0.2, -0.15) is 0 Å². The summed E-state index contributed by atoms with van der Waals surface area (Å²) in [6.07, 6.45) is -0.182. The SMILES string of the molecule is COC(=O)CC[C@@H](NC(=O)c1ccc(CN)o1)C(=O)O. The number of carbonyl (C=O) groups is 3. The van der Waals surface area contributed by atoms with Crippen molar-refractivity contribution >= 4 is 17.8 Å². The molecule has 1 rings (SSSR count). The summed E-state index contributed by atoms with van der Waals surface area (Å²) < 4.78 is 9.51. The highest BCUT2D eigenvalue weighted by molar-refractivity contribution is 5.94. The molecular formula is C12H16N2O6. The number of carbonyl (C=O) groups excluding carboxylic acids is 2. The zero-order valence-corrected chi connectivity index (χ0v) is 10.9. The smallest absolute Gasteiger partial charge is 0.326 e. The Morgan fingerprint density at radius 2 is 2.15 bits per heavy atom. The third-order valence-corrected chi connectivity index (χ3v) is 2.55. The van der Waals surface area contributed by atoms with Crippen molar-refractivity contribution in [2.75, 3.05) is 7.11 Å². The molecule has 0 aliphatic carbocycles. The summed E-state index contributed by atoms with van der Waals surface area (Å²) in [6, 6.07) is 1.73. The number of aliphatic carboxylic acids is 1. The molecule has 0 aliphatic heterocycles. The van der Waals surface area contributed by atoms with Crippen LogP contribution in [0.25, 0.3) is 0 Å². The van der Waals surface area contributed by atoms with Crippen LogP contribution in [-0.2, 0) is 20.9 Å². The van der Waals surface area contributed by atoms with E-state index in [-0.39, 0.29) is 25.1 Å². The normalized spacial score (nSPS) is 11.7. The molecule has 0 fully saturated rings. The fourth-order valence-electron chi connectivity index (χ4n) is 1.46. The van der Waals surface area contributed by atoms with E-state index in [1.165, 1.54) is 19.2 Å². The fourth-order valence-corrected chi connectivity index (χ4v) is 1.46. The molecule has 4 N–H and O–H groups in total. The van der Waals surface area contributed by atoms with E-state index in [9.17, 15) is 14.4 Å². The fraction of sp³-hybridized carbons (Fsp3) is 0.417. The molecule has 0 unspecified atom stereocenters. The number of methoxy groups -OCH3 is 1. The summed E-state index contributed by atoms with van der Waals surface area (Å²) in [6.45, 7) is 0.137. The number of carboxylic acids is 1. The molecule has 110 valence electrons. The molecule has 20 heavy (non-hydrogen) atoms. The summed E-state index contributed by atoms with van der Waals surface area (Å²) in [5.41, 5.74) is 5.34. The molecule has 8 nitrogen and oxygen atoms in total. The van der Waals surface area contributed by atoms with E-state index in [1.54, 1.807) is 0 Å². The molecule has 0 aromatic carbocycles. The summed E-state index contributed by atoms with van der Waals surface area (Å²) in [5.74, 6) is -2.09. The molecule has 0 radical (unpaired) electrons. The largest absolute Gasteiger partial charge is 0.480 e. The van der Waals surface area contributed by atoms with Crippen molar-refractivity contribution < 1.29 is 28.6 Å². The average Bonchev–Trinajstić information content (AvgIpc) is 2.91. The van der Waals surface area contributed by atoms with Crippen molar-refractivity contribution in [3.8, 4) is 0 Å². The van der Waals surface area contributed by atoms with Crippen LogP contribution in [-0.4, -0.2) is 36.1 Å². The summed E-state index contributed by atoms with van der Waals surface area (Å²) in [4.78, 5) is 33.8. The molecule has 1 heterocycles. The van der Waals surface area contributed by atoms with Crippen LogP contribution in [0.1, 0.15) is 29.2 Å². The number of hydrogen-bond acceptors (Lipinski definition) is 6. The number of hydrogen-bond donors (Lipinski definition) is 3. The van der Waals surface area contributed by atoms with Gasteiger partial charge in [-0.15, -0.1) is 0 Å². The summed E-state index contributed by atoms with van der Waals surface area (Å²) in [7, 11) is 1.20. The standard InChI is InChI=1S/C12H16N2O6/c1-19-10(15)5-3-8(12(17)18)14-11(16)9-4-2-7(6-13)20-9/h2,4,8H,3,5-6,13H2,1H3,(H,14,16)(H,17,18)/t8-/m1/s1. The molecule has 8 heteroatoms. The minimum atomic E-state index is -1.24. The second-order valence-corrected chi connectivity index (χ2v) is 3.95. The van der Waals surface area contributed by atoms with Gasteiger partial charge in [-0.3, -0.25) is 9.59 Å². The van der Waals surface area contributed by atoms with E-state index in [1.807, 2.05) is 0 Å². The first-order valence-electron chi connectivity index (χ1n) is 5.87. The van der Waals surface area contributed by atoms with Gasteiger partial charge < -0.3 is 25.3 Å². The highest BCUT2D eigenvalue weighted by Gasteiger charge is 2.23. The highest BCUT2D eigenvalue weighted by atomic mass is 16.5. The van der Waals surface area contributed by atoms with E-state index in [4.69, 9.17) is 15.3 Å². The van der Waals surface area contributed by atoms with Crippen LogP contribution in [0.3, 0.4) is 0 Å². The Morgan fingerprint density at radius 1 is 1.45 bits per heavy atom. The van der Waals surface area contributed by atoms with Gasteiger partial charge in [0.2, 0.25) is 0 Å². The van der Waals surface area contributed by atoms with Crippen molar-refractivity contribution in [1.82, 2.24) is 5.32 Å². The zero-order chi connectivity index (χ0) is 15.1. The Kier molecular flexibility index (Phi) is 5.73. The first-order chi connectivity index (χ1) is 9.47. The van der Waals surface area contributed by atoms with Gasteiger partial charge in [-0.25, -0.2) is 4.79 Å². The van der Waals surface area contributed by atoms with Crippen molar-refractivity contribution in [1.29, 1.82) is 0 Å². The van der Waals surface area contributed by atoms with Crippen molar-refractivity contribution in [2.45, 2.75) is 25.4 Å². The van der Waals surface area contributed by atoms with Gasteiger partial charge in [0.05, 0.1) is 13.7 Å². The third-order valence-electron chi connectivity index (χ3n) is 2.55. The number of rotatable bonds is 7. The predicted octanol–water partition coefficient (Wildman–Crippen LogP) is -0.125. The zero-order valence-electron chi connectivity index (χ0n) is 10.9. The molecule has 1 aromatic heterocycles. The number of carboxylic acid groups (broad SMARTS) is 1. The average molecular weight is 284 g/mol. The maximum absolute atomic E-state index is 11.8. The van der Waals surface area contributed by atoms with Crippen molar-refractivity contribution in [3.05, 3.63) is 23.7 Å². The van der Waals surface area contributed by atoms with Crippen LogP contribution < -0.4 is 11.1 Å². The van der Waals surface area contributed by atoms with Crippen LogP contribution >= 0.6 is 0 Å². The van der Waals surface area contributed by atoms with E-state index in [2.05, 4.69) is 10.1 Å². The van der Waals surface area contributed by atoms with Gasteiger partial charge in [0.25, 0.3) is 5.91 Å². The van der Waals surface area contributed by atoms with Gasteiger partial charge in [-0.05, 0) is 18.6 Å². The second kappa shape index (κ2) is 7.29. The maximum atomic E-state index is 11.8. The Balaban J connectivity index is 2.63. The number of nitrogens with two attached hydrogens (primary N) is 1. The van der Waals surface area contributed by atoms with E-state index in [0.29, 0.717) is 5.76 Å². The van der Waals surface area contributed by atoms with Crippen LogP contribution in [0.2, 0.25) is 0 Å². The van der Waals surface area contributed by atoms with Gasteiger partial charge in [-0.1, -0.05) is 0 Å².